The first-order valence-electron chi connectivity index (χ1n) is 9.52. The van der Waals surface area contributed by atoms with Crippen molar-refractivity contribution in [3.63, 3.8) is 0 Å². The average Bonchev–Trinajstić information content (AvgIpc) is 3.08. The van der Waals surface area contributed by atoms with Crippen LogP contribution in [0.3, 0.4) is 0 Å². The summed E-state index contributed by atoms with van der Waals surface area (Å²) >= 11 is 0. The Morgan fingerprint density at radius 3 is 2.41 bits per heavy atom. The average molecular weight is 363 g/mol. The number of nitrogens with zero attached hydrogens (tertiary/aromatic N) is 2. The molecule has 2 aromatic carbocycles. The number of aromatic amines is 1. The Bertz CT molecular complexity index is 912. The van der Waals surface area contributed by atoms with Crippen molar-refractivity contribution in [2.45, 2.75) is 6.42 Å². The molecule has 4 rings (SSSR count). The molecule has 1 aromatic heterocycles. The molecule has 0 bridgehead atoms. The first-order valence-corrected chi connectivity index (χ1v) is 9.52. The van der Waals surface area contributed by atoms with E-state index in [4.69, 9.17) is 5.11 Å². The van der Waals surface area contributed by atoms with Crippen molar-refractivity contribution >= 4 is 16.8 Å². The molecule has 1 amide bonds. The van der Waals surface area contributed by atoms with Gasteiger partial charge in [0.15, 0.2) is 0 Å². The van der Waals surface area contributed by atoms with Crippen LogP contribution in [-0.2, 0) is 11.2 Å². The van der Waals surface area contributed by atoms with Crippen molar-refractivity contribution in [2.24, 2.45) is 0 Å². The third kappa shape index (κ3) is 3.75. The number of para-hydroxylation sites is 1. The van der Waals surface area contributed by atoms with Crippen molar-refractivity contribution in [2.75, 3.05) is 39.3 Å². The molecule has 1 saturated heterocycles. The summed E-state index contributed by atoms with van der Waals surface area (Å²) < 4.78 is 0. The molecule has 0 aliphatic carbocycles. The molecule has 0 spiro atoms. The minimum absolute atomic E-state index is 0.167. The van der Waals surface area contributed by atoms with Crippen LogP contribution < -0.4 is 0 Å². The molecule has 5 nitrogen and oxygen atoms in total. The van der Waals surface area contributed by atoms with Gasteiger partial charge in [0, 0.05) is 43.6 Å². The maximum Gasteiger partial charge on any atom is 0.227 e. The lowest BCUT2D eigenvalue weighted by atomic mass is 10.0. The lowest BCUT2D eigenvalue weighted by Crippen LogP contribution is -2.49. The van der Waals surface area contributed by atoms with E-state index >= 15 is 0 Å². The highest BCUT2D eigenvalue weighted by Gasteiger charge is 2.23. The molecule has 0 radical (unpaired) electrons. The Kier molecular flexibility index (Phi) is 5.23. The van der Waals surface area contributed by atoms with E-state index in [1.165, 1.54) is 0 Å². The number of hydrogen-bond acceptors (Lipinski definition) is 3. The summed E-state index contributed by atoms with van der Waals surface area (Å²) in [5.41, 5.74) is 4.26. The van der Waals surface area contributed by atoms with Gasteiger partial charge in [-0.25, -0.2) is 0 Å². The largest absolute Gasteiger partial charge is 0.395 e. The van der Waals surface area contributed by atoms with Gasteiger partial charge in [-0.05, 0) is 17.2 Å². The number of β-amino-alcohol motifs (C(OH)–C–C–N with tert-alkyl or cyclic N) is 1. The summed E-state index contributed by atoms with van der Waals surface area (Å²) in [5.74, 6) is 0.167. The number of fused-ring (bicyclic) bond motifs is 1. The van der Waals surface area contributed by atoms with E-state index in [1.807, 2.05) is 35.2 Å². The number of carbonyl (C=O) groups excluding carboxylic acids is 1. The highest BCUT2D eigenvalue weighted by atomic mass is 16.3. The normalized spacial score (nSPS) is 15.4. The number of carbonyl (C=O) groups is 1. The molecule has 1 aliphatic rings. The van der Waals surface area contributed by atoms with E-state index in [0.717, 1.165) is 53.9 Å². The first-order chi connectivity index (χ1) is 13.3. The summed E-state index contributed by atoms with van der Waals surface area (Å²) in [6, 6.07) is 18.4. The predicted octanol–water partition coefficient (Wildman–Crippen LogP) is 2.51. The van der Waals surface area contributed by atoms with E-state index in [-0.39, 0.29) is 12.5 Å². The van der Waals surface area contributed by atoms with Crippen molar-refractivity contribution in [1.29, 1.82) is 0 Å². The quantitative estimate of drug-likeness (QED) is 0.732. The van der Waals surface area contributed by atoms with E-state index in [2.05, 4.69) is 34.1 Å². The number of aliphatic hydroxyl groups is 1. The van der Waals surface area contributed by atoms with Crippen LogP contribution in [0, 0.1) is 0 Å². The highest BCUT2D eigenvalue weighted by molar-refractivity contribution is 5.95. The number of piperazine rings is 1. The number of nitrogens with one attached hydrogen (secondary N) is 1. The Morgan fingerprint density at radius 2 is 1.67 bits per heavy atom. The highest BCUT2D eigenvalue weighted by Crippen LogP contribution is 2.31. The number of amides is 1. The summed E-state index contributed by atoms with van der Waals surface area (Å²) in [6.45, 7) is 3.95. The zero-order chi connectivity index (χ0) is 18.6. The van der Waals surface area contributed by atoms with Gasteiger partial charge in [0.2, 0.25) is 5.91 Å². The Hall–Kier alpha value is -2.63. The molecule has 5 heteroatoms. The van der Waals surface area contributed by atoms with Crippen LogP contribution in [0.25, 0.3) is 22.2 Å². The summed E-state index contributed by atoms with van der Waals surface area (Å²) in [4.78, 5) is 20.7. The first kappa shape index (κ1) is 17.8. The summed E-state index contributed by atoms with van der Waals surface area (Å²) in [7, 11) is 0. The maximum atomic E-state index is 13.0. The van der Waals surface area contributed by atoms with Gasteiger partial charge in [-0.1, -0.05) is 48.5 Å². The third-order valence-electron chi connectivity index (χ3n) is 5.35. The maximum absolute atomic E-state index is 13.0. The van der Waals surface area contributed by atoms with Crippen LogP contribution in [0.4, 0.5) is 0 Å². The number of rotatable bonds is 5. The van der Waals surface area contributed by atoms with E-state index in [1.54, 1.807) is 0 Å². The van der Waals surface area contributed by atoms with E-state index < -0.39 is 0 Å². The van der Waals surface area contributed by atoms with E-state index in [0.29, 0.717) is 13.0 Å². The zero-order valence-corrected chi connectivity index (χ0v) is 15.4. The molecule has 1 aliphatic heterocycles. The van der Waals surface area contributed by atoms with Crippen LogP contribution >= 0.6 is 0 Å². The fraction of sp³-hybridized carbons (Fsp3) is 0.318. The Balaban J connectivity index is 1.59. The van der Waals surface area contributed by atoms with E-state index in [9.17, 15) is 4.79 Å². The third-order valence-corrected chi connectivity index (χ3v) is 5.35. The van der Waals surface area contributed by atoms with Gasteiger partial charge in [0.1, 0.15) is 0 Å². The van der Waals surface area contributed by atoms with Crippen LogP contribution in [0.15, 0.2) is 54.6 Å². The summed E-state index contributed by atoms with van der Waals surface area (Å²) in [6.07, 6.45) is 0.397. The molecule has 3 aromatic rings. The lowest BCUT2D eigenvalue weighted by molar-refractivity contribution is -0.132. The van der Waals surface area contributed by atoms with Crippen LogP contribution in [0.5, 0.6) is 0 Å². The van der Waals surface area contributed by atoms with Crippen molar-refractivity contribution in [3.05, 3.63) is 60.2 Å². The molecule has 2 N–H and O–H groups in total. The van der Waals surface area contributed by atoms with Gasteiger partial charge in [-0.2, -0.15) is 0 Å². The number of aliphatic hydroxyl groups excluding tert-OH is 1. The van der Waals surface area contributed by atoms with Gasteiger partial charge in [-0.3, -0.25) is 9.69 Å². The van der Waals surface area contributed by atoms with Crippen LogP contribution in [-0.4, -0.2) is 65.1 Å². The van der Waals surface area contributed by atoms with Gasteiger partial charge >= 0.3 is 0 Å². The smallest absolute Gasteiger partial charge is 0.227 e. The zero-order valence-electron chi connectivity index (χ0n) is 15.4. The second kappa shape index (κ2) is 7.94. The predicted molar refractivity (Wildman–Crippen MR) is 108 cm³/mol. The van der Waals surface area contributed by atoms with Crippen LogP contribution in [0.1, 0.15) is 5.56 Å². The van der Waals surface area contributed by atoms with Gasteiger partial charge in [-0.15, -0.1) is 0 Å². The molecular weight excluding hydrogens is 338 g/mol. The fourth-order valence-electron chi connectivity index (χ4n) is 3.86. The lowest BCUT2D eigenvalue weighted by Gasteiger charge is -2.34. The van der Waals surface area contributed by atoms with Crippen LogP contribution in [0.2, 0.25) is 0 Å². The molecular formula is C22H25N3O2. The topological polar surface area (TPSA) is 59.6 Å². The van der Waals surface area contributed by atoms with Gasteiger partial charge in [0.25, 0.3) is 0 Å². The SMILES string of the molecule is O=C(Cc1c(-c2ccccc2)[nH]c2ccccc12)N1CCN(CCO)CC1. The molecule has 140 valence electrons. The molecule has 2 heterocycles. The Labute approximate surface area is 159 Å². The Morgan fingerprint density at radius 1 is 0.963 bits per heavy atom. The molecule has 27 heavy (non-hydrogen) atoms. The van der Waals surface area contributed by atoms with Crippen molar-refractivity contribution < 1.29 is 9.90 Å². The number of H-pyrrole nitrogens is 1. The number of aromatic nitrogens is 1. The number of benzene rings is 2. The second-order valence-electron chi connectivity index (χ2n) is 7.01. The standard InChI is InChI=1S/C22H25N3O2/c26-15-14-24-10-12-25(13-11-24)21(27)16-19-18-8-4-5-9-20(18)23-22(19)17-6-2-1-3-7-17/h1-9,23,26H,10-16H2. The summed E-state index contributed by atoms with van der Waals surface area (Å²) in [5, 5.41) is 10.2. The monoisotopic (exact) mass is 363 g/mol. The molecule has 0 unspecified atom stereocenters. The fourth-order valence-corrected chi connectivity index (χ4v) is 3.86. The molecule has 1 fully saturated rings. The molecule has 0 atom stereocenters. The minimum Gasteiger partial charge on any atom is -0.395 e. The van der Waals surface area contributed by atoms with Crippen molar-refractivity contribution in [3.8, 4) is 11.3 Å². The van der Waals surface area contributed by atoms with Crippen molar-refractivity contribution in [1.82, 2.24) is 14.8 Å². The minimum atomic E-state index is 0.167. The van der Waals surface area contributed by atoms with Gasteiger partial charge in [0.05, 0.1) is 18.7 Å². The second-order valence-corrected chi connectivity index (χ2v) is 7.01. The van der Waals surface area contributed by atoms with Gasteiger partial charge < -0.3 is 15.0 Å². The number of hydrogen-bond donors (Lipinski definition) is 2. The molecule has 0 saturated carbocycles.